The van der Waals surface area contributed by atoms with Crippen molar-refractivity contribution in [2.75, 3.05) is 24.3 Å². The van der Waals surface area contributed by atoms with Gasteiger partial charge in [0.25, 0.3) is 0 Å². The van der Waals surface area contributed by atoms with Crippen molar-refractivity contribution < 1.29 is 14.3 Å². The number of ether oxygens (including phenoxy) is 1. The SMILES string of the molecule is CCOC(=O)Nc1nc2c(s1)CN(C(=O)CCCl)CC2. The number of fused-ring (bicyclic) bond motifs is 1. The van der Waals surface area contributed by atoms with Crippen LogP contribution >= 0.6 is 22.9 Å². The van der Waals surface area contributed by atoms with Crippen molar-refractivity contribution in [1.82, 2.24) is 9.88 Å². The van der Waals surface area contributed by atoms with Gasteiger partial charge < -0.3 is 9.64 Å². The van der Waals surface area contributed by atoms with Crippen LogP contribution in [0.3, 0.4) is 0 Å². The van der Waals surface area contributed by atoms with E-state index >= 15 is 0 Å². The number of nitrogens with zero attached hydrogens (tertiary/aromatic N) is 2. The molecule has 110 valence electrons. The highest BCUT2D eigenvalue weighted by Crippen LogP contribution is 2.28. The molecule has 6 nitrogen and oxygen atoms in total. The predicted octanol–water partition coefficient (Wildman–Crippen LogP) is 2.23. The number of carbonyl (C=O) groups is 2. The highest BCUT2D eigenvalue weighted by atomic mass is 35.5. The second-order valence-electron chi connectivity index (χ2n) is 4.24. The molecule has 20 heavy (non-hydrogen) atoms. The van der Waals surface area contributed by atoms with Crippen LogP contribution in [0.2, 0.25) is 0 Å². The van der Waals surface area contributed by atoms with E-state index in [1.807, 2.05) is 0 Å². The van der Waals surface area contributed by atoms with Crippen molar-refractivity contribution in [3.05, 3.63) is 10.6 Å². The minimum absolute atomic E-state index is 0.0546. The van der Waals surface area contributed by atoms with Gasteiger partial charge in [-0.25, -0.2) is 9.78 Å². The number of nitrogens with one attached hydrogen (secondary N) is 1. The van der Waals surface area contributed by atoms with E-state index in [-0.39, 0.29) is 5.91 Å². The summed E-state index contributed by atoms with van der Waals surface area (Å²) < 4.78 is 4.81. The first kappa shape index (κ1) is 15.1. The van der Waals surface area contributed by atoms with E-state index in [9.17, 15) is 9.59 Å². The Morgan fingerprint density at radius 2 is 2.35 bits per heavy atom. The summed E-state index contributed by atoms with van der Waals surface area (Å²) in [5, 5.41) is 3.10. The lowest BCUT2D eigenvalue weighted by Crippen LogP contribution is -2.35. The number of rotatable bonds is 4. The lowest BCUT2D eigenvalue weighted by Gasteiger charge is -2.25. The van der Waals surface area contributed by atoms with Crippen molar-refractivity contribution in [2.24, 2.45) is 0 Å². The molecule has 2 amide bonds. The summed E-state index contributed by atoms with van der Waals surface area (Å²) in [6.45, 7) is 3.24. The molecule has 1 aliphatic rings. The highest BCUT2D eigenvalue weighted by molar-refractivity contribution is 7.15. The van der Waals surface area contributed by atoms with Gasteiger partial charge in [-0.2, -0.15) is 0 Å². The Balaban J connectivity index is 2.00. The zero-order valence-corrected chi connectivity index (χ0v) is 12.7. The van der Waals surface area contributed by atoms with Gasteiger partial charge in [0, 0.05) is 30.1 Å². The molecule has 0 fully saturated rings. The fourth-order valence-electron chi connectivity index (χ4n) is 1.96. The van der Waals surface area contributed by atoms with Crippen LogP contribution in [0.25, 0.3) is 0 Å². The van der Waals surface area contributed by atoms with Crippen LogP contribution in [0.5, 0.6) is 0 Å². The Hall–Kier alpha value is -1.34. The van der Waals surface area contributed by atoms with Crippen LogP contribution in [0.15, 0.2) is 0 Å². The first-order chi connectivity index (χ1) is 9.63. The number of thiazole rings is 1. The summed E-state index contributed by atoms with van der Waals surface area (Å²) in [6, 6.07) is 0. The average molecular weight is 318 g/mol. The molecule has 0 aliphatic carbocycles. The smallest absolute Gasteiger partial charge is 0.413 e. The second kappa shape index (κ2) is 6.90. The van der Waals surface area contributed by atoms with Crippen molar-refractivity contribution in [2.45, 2.75) is 26.3 Å². The molecule has 0 bridgehead atoms. The fraction of sp³-hybridized carbons (Fsp3) is 0.583. The van der Waals surface area contributed by atoms with Gasteiger partial charge in [-0.15, -0.1) is 11.6 Å². The third-order valence-electron chi connectivity index (χ3n) is 2.88. The summed E-state index contributed by atoms with van der Waals surface area (Å²) in [6.07, 6.45) is 0.544. The van der Waals surface area contributed by atoms with Gasteiger partial charge in [-0.3, -0.25) is 10.1 Å². The van der Waals surface area contributed by atoms with Crippen LogP contribution in [0.4, 0.5) is 9.93 Å². The summed E-state index contributed by atoms with van der Waals surface area (Å²) in [5.41, 5.74) is 0.941. The summed E-state index contributed by atoms with van der Waals surface area (Å²) in [7, 11) is 0. The zero-order valence-electron chi connectivity index (χ0n) is 11.1. The standard InChI is InChI=1S/C12H16ClN3O3S/c1-2-19-12(18)15-11-14-8-4-6-16(7-9(8)20-11)10(17)3-5-13/h2-7H2,1H3,(H,14,15,18). The number of hydrogen-bond acceptors (Lipinski definition) is 5. The average Bonchev–Trinajstić information content (AvgIpc) is 2.80. The number of alkyl halides is 1. The quantitative estimate of drug-likeness (QED) is 0.864. The highest BCUT2D eigenvalue weighted by Gasteiger charge is 2.24. The zero-order chi connectivity index (χ0) is 14.5. The van der Waals surface area contributed by atoms with Crippen molar-refractivity contribution in [1.29, 1.82) is 0 Å². The first-order valence-electron chi connectivity index (χ1n) is 6.40. The van der Waals surface area contributed by atoms with Crippen molar-refractivity contribution >= 4 is 40.1 Å². The van der Waals surface area contributed by atoms with E-state index in [0.29, 0.717) is 43.5 Å². The van der Waals surface area contributed by atoms with Crippen LogP contribution in [-0.4, -0.2) is 40.9 Å². The predicted molar refractivity (Wildman–Crippen MR) is 77.2 cm³/mol. The van der Waals surface area contributed by atoms with Crippen LogP contribution in [0, 0.1) is 0 Å². The molecule has 1 N–H and O–H groups in total. The van der Waals surface area contributed by atoms with Gasteiger partial charge >= 0.3 is 6.09 Å². The van der Waals surface area contributed by atoms with E-state index in [1.54, 1.807) is 11.8 Å². The molecule has 1 aliphatic heterocycles. The number of aromatic nitrogens is 1. The third-order valence-corrected chi connectivity index (χ3v) is 4.06. The molecule has 0 aromatic carbocycles. The summed E-state index contributed by atoms with van der Waals surface area (Å²) >= 11 is 6.97. The molecule has 8 heteroatoms. The van der Waals surface area contributed by atoms with Crippen LogP contribution in [-0.2, 0) is 22.5 Å². The van der Waals surface area contributed by atoms with Gasteiger partial charge in [0.05, 0.1) is 18.8 Å². The molecule has 1 aromatic rings. The van der Waals surface area contributed by atoms with E-state index in [2.05, 4.69) is 10.3 Å². The maximum Gasteiger partial charge on any atom is 0.413 e. The number of anilines is 1. The summed E-state index contributed by atoms with van der Waals surface area (Å²) in [5.74, 6) is 0.388. The van der Waals surface area contributed by atoms with Gasteiger partial charge in [-0.1, -0.05) is 11.3 Å². The molecule has 0 unspecified atom stereocenters. The Bertz CT molecular complexity index is 506. The molecule has 0 atom stereocenters. The summed E-state index contributed by atoms with van der Waals surface area (Å²) in [4.78, 5) is 30.3. The van der Waals surface area contributed by atoms with E-state index in [1.165, 1.54) is 11.3 Å². The Kier molecular flexibility index (Phi) is 5.19. The molecule has 0 saturated carbocycles. The van der Waals surface area contributed by atoms with Crippen LogP contribution < -0.4 is 5.32 Å². The third kappa shape index (κ3) is 3.61. The van der Waals surface area contributed by atoms with Crippen LogP contribution in [0.1, 0.15) is 23.9 Å². The molecule has 2 rings (SSSR count). The lowest BCUT2D eigenvalue weighted by atomic mass is 10.1. The second-order valence-corrected chi connectivity index (χ2v) is 5.70. The normalized spacial score (nSPS) is 13.8. The molecular formula is C12H16ClN3O3S. The van der Waals surface area contributed by atoms with Gasteiger partial charge in [-0.05, 0) is 6.92 Å². The topological polar surface area (TPSA) is 71.5 Å². The Morgan fingerprint density at radius 3 is 3.05 bits per heavy atom. The largest absolute Gasteiger partial charge is 0.450 e. The van der Waals surface area contributed by atoms with E-state index in [4.69, 9.17) is 16.3 Å². The van der Waals surface area contributed by atoms with Gasteiger partial charge in [0.1, 0.15) is 0 Å². The van der Waals surface area contributed by atoms with E-state index < -0.39 is 6.09 Å². The molecular weight excluding hydrogens is 302 g/mol. The first-order valence-corrected chi connectivity index (χ1v) is 7.75. The number of hydrogen-bond donors (Lipinski definition) is 1. The Morgan fingerprint density at radius 1 is 1.55 bits per heavy atom. The minimum atomic E-state index is -0.506. The number of halogens is 1. The Labute approximate surface area is 126 Å². The molecule has 2 heterocycles. The van der Waals surface area contributed by atoms with Crippen molar-refractivity contribution in [3.63, 3.8) is 0 Å². The maximum absolute atomic E-state index is 11.8. The monoisotopic (exact) mass is 317 g/mol. The van der Waals surface area contributed by atoms with Gasteiger partial charge in [0.2, 0.25) is 5.91 Å². The fourth-order valence-corrected chi connectivity index (χ4v) is 3.13. The molecule has 0 spiro atoms. The van der Waals surface area contributed by atoms with E-state index in [0.717, 1.165) is 10.6 Å². The minimum Gasteiger partial charge on any atom is -0.450 e. The van der Waals surface area contributed by atoms with Gasteiger partial charge in [0.15, 0.2) is 5.13 Å². The van der Waals surface area contributed by atoms with Crippen molar-refractivity contribution in [3.8, 4) is 0 Å². The molecule has 1 aromatic heterocycles. The number of carbonyl (C=O) groups excluding carboxylic acids is 2. The lowest BCUT2D eigenvalue weighted by molar-refractivity contribution is -0.131. The molecule has 0 saturated heterocycles. The maximum atomic E-state index is 11.8. The number of amides is 2. The molecule has 0 radical (unpaired) electrons.